The number of aromatic nitrogens is 1. The molecule has 0 aliphatic rings. The number of carbonyl (C=O) groups excluding carboxylic acids is 2. The van der Waals surface area contributed by atoms with E-state index >= 15 is 0 Å². The number of pyridine rings is 1. The molecule has 3 rings (SSSR count). The number of hydrogen-bond donors (Lipinski definition) is 2. The second-order valence-corrected chi connectivity index (χ2v) is 6.29. The van der Waals surface area contributed by atoms with Crippen LogP contribution in [0.25, 0.3) is 10.9 Å². The largest absolute Gasteiger partial charge is 0.343 e. The topological polar surface area (TPSA) is 71.1 Å². The standard InChI is InChI=1S/C20H16F3N3O2/c1-10-3-5-15-12(7-10)13(8-11(2)25-15)20(28)24-9-17(27)26-16-6-4-14(21)18(22)19(16)23/h3-8H,9H2,1-2H3,(H,24,28)(H,26,27). The van der Waals surface area contributed by atoms with Crippen LogP contribution in [0.2, 0.25) is 0 Å². The highest BCUT2D eigenvalue weighted by Crippen LogP contribution is 2.21. The monoisotopic (exact) mass is 387 g/mol. The Hall–Kier alpha value is -3.42. The summed E-state index contributed by atoms with van der Waals surface area (Å²) in [5, 5.41) is 5.16. The molecule has 2 aromatic carbocycles. The molecule has 0 aliphatic heterocycles. The van der Waals surface area contributed by atoms with Crippen molar-refractivity contribution in [3.8, 4) is 0 Å². The van der Waals surface area contributed by atoms with Crippen LogP contribution in [0.4, 0.5) is 18.9 Å². The molecule has 2 amide bonds. The van der Waals surface area contributed by atoms with E-state index in [1.165, 1.54) is 0 Å². The van der Waals surface area contributed by atoms with E-state index in [1.807, 2.05) is 19.1 Å². The molecule has 5 nitrogen and oxygen atoms in total. The van der Waals surface area contributed by atoms with Gasteiger partial charge in [0, 0.05) is 11.1 Å². The number of anilines is 1. The Morgan fingerprint density at radius 1 is 1.00 bits per heavy atom. The number of nitrogens with zero attached hydrogens (tertiary/aromatic N) is 1. The van der Waals surface area contributed by atoms with Gasteiger partial charge in [-0.2, -0.15) is 0 Å². The van der Waals surface area contributed by atoms with Gasteiger partial charge in [-0.3, -0.25) is 14.6 Å². The van der Waals surface area contributed by atoms with Crippen LogP contribution >= 0.6 is 0 Å². The molecule has 0 fully saturated rings. The molecule has 1 aromatic heterocycles. The zero-order valence-electron chi connectivity index (χ0n) is 15.1. The Balaban J connectivity index is 1.74. The predicted molar refractivity (Wildman–Crippen MR) is 98.5 cm³/mol. The zero-order valence-corrected chi connectivity index (χ0v) is 15.1. The van der Waals surface area contributed by atoms with Crippen LogP contribution < -0.4 is 10.6 Å². The molecule has 0 atom stereocenters. The van der Waals surface area contributed by atoms with E-state index < -0.39 is 41.5 Å². The van der Waals surface area contributed by atoms with Gasteiger partial charge in [0.1, 0.15) is 0 Å². The lowest BCUT2D eigenvalue weighted by atomic mass is 10.0. The van der Waals surface area contributed by atoms with Gasteiger partial charge in [0.15, 0.2) is 17.5 Å². The maximum atomic E-state index is 13.6. The number of rotatable bonds is 4. The Kier molecular flexibility index (Phi) is 5.30. The van der Waals surface area contributed by atoms with Gasteiger partial charge in [-0.1, -0.05) is 11.6 Å². The first-order valence-corrected chi connectivity index (χ1v) is 8.36. The average molecular weight is 387 g/mol. The van der Waals surface area contributed by atoms with E-state index in [4.69, 9.17) is 0 Å². The summed E-state index contributed by atoms with van der Waals surface area (Å²) in [7, 11) is 0. The van der Waals surface area contributed by atoms with Crippen LogP contribution in [-0.2, 0) is 4.79 Å². The van der Waals surface area contributed by atoms with E-state index in [2.05, 4.69) is 15.6 Å². The minimum atomic E-state index is -1.68. The molecule has 8 heteroatoms. The van der Waals surface area contributed by atoms with Gasteiger partial charge in [-0.15, -0.1) is 0 Å². The van der Waals surface area contributed by atoms with Gasteiger partial charge in [0.05, 0.1) is 23.3 Å². The molecule has 0 aliphatic carbocycles. The molecule has 0 saturated heterocycles. The molecule has 0 bridgehead atoms. The van der Waals surface area contributed by atoms with Crippen LogP contribution in [0.15, 0.2) is 36.4 Å². The molecule has 0 unspecified atom stereocenters. The Morgan fingerprint density at radius 2 is 1.75 bits per heavy atom. The molecule has 0 radical (unpaired) electrons. The van der Waals surface area contributed by atoms with E-state index in [0.29, 0.717) is 28.2 Å². The highest BCUT2D eigenvalue weighted by atomic mass is 19.2. The molecule has 1 heterocycles. The second-order valence-electron chi connectivity index (χ2n) is 6.29. The van der Waals surface area contributed by atoms with Crippen molar-refractivity contribution in [3.63, 3.8) is 0 Å². The van der Waals surface area contributed by atoms with Crippen molar-refractivity contribution in [1.82, 2.24) is 10.3 Å². The van der Waals surface area contributed by atoms with Crippen molar-refractivity contribution in [2.75, 3.05) is 11.9 Å². The van der Waals surface area contributed by atoms with Gasteiger partial charge in [0.25, 0.3) is 5.91 Å². The molecular formula is C20H16F3N3O2. The van der Waals surface area contributed by atoms with Crippen molar-refractivity contribution >= 4 is 28.4 Å². The summed E-state index contributed by atoms with van der Waals surface area (Å²) in [5.74, 6) is -5.85. The fourth-order valence-corrected chi connectivity index (χ4v) is 2.73. The summed E-state index contributed by atoms with van der Waals surface area (Å²) >= 11 is 0. The normalized spacial score (nSPS) is 10.8. The maximum Gasteiger partial charge on any atom is 0.252 e. The van der Waals surface area contributed by atoms with Crippen molar-refractivity contribution in [3.05, 3.63) is 70.7 Å². The van der Waals surface area contributed by atoms with Gasteiger partial charge in [-0.05, 0) is 44.2 Å². The SMILES string of the molecule is Cc1ccc2nc(C)cc(C(=O)NCC(=O)Nc3ccc(F)c(F)c3F)c2c1. The summed E-state index contributed by atoms with van der Waals surface area (Å²) in [6, 6.07) is 8.68. The molecule has 3 aromatic rings. The number of carbonyl (C=O) groups is 2. The van der Waals surface area contributed by atoms with Crippen LogP contribution in [-0.4, -0.2) is 23.3 Å². The maximum absolute atomic E-state index is 13.6. The summed E-state index contributed by atoms with van der Waals surface area (Å²) in [5.41, 5.74) is 2.05. The fraction of sp³-hybridized carbons (Fsp3) is 0.150. The second kappa shape index (κ2) is 7.67. The quantitative estimate of drug-likeness (QED) is 0.672. The van der Waals surface area contributed by atoms with Crippen LogP contribution in [0, 0.1) is 31.3 Å². The van der Waals surface area contributed by atoms with Gasteiger partial charge in [0.2, 0.25) is 5.91 Å². The van der Waals surface area contributed by atoms with Crippen LogP contribution in [0.1, 0.15) is 21.6 Å². The van der Waals surface area contributed by atoms with Crippen molar-refractivity contribution in [1.29, 1.82) is 0 Å². The predicted octanol–water partition coefficient (Wildman–Crippen LogP) is 3.64. The number of halogens is 3. The minimum absolute atomic E-state index is 0.345. The fourth-order valence-electron chi connectivity index (χ4n) is 2.73. The highest BCUT2D eigenvalue weighted by Gasteiger charge is 2.17. The van der Waals surface area contributed by atoms with Crippen molar-refractivity contribution < 1.29 is 22.8 Å². The van der Waals surface area contributed by atoms with Crippen LogP contribution in [0.3, 0.4) is 0 Å². The Bertz CT molecular complexity index is 1100. The van der Waals surface area contributed by atoms with E-state index in [0.717, 1.165) is 11.6 Å². The smallest absolute Gasteiger partial charge is 0.252 e. The van der Waals surface area contributed by atoms with Gasteiger partial charge in [-0.25, -0.2) is 13.2 Å². The number of aryl methyl sites for hydroxylation is 2. The third-order valence-electron chi connectivity index (χ3n) is 4.06. The Labute approximate surface area is 158 Å². The zero-order chi connectivity index (χ0) is 20.4. The number of amides is 2. The third kappa shape index (κ3) is 3.95. The molecule has 144 valence electrons. The third-order valence-corrected chi connectivity index (χ3v) is 4.06. The first-order chi connectivity index (χ1) is 13.3. The lowest BCUT2D eigenvalue weighted by molar-refractivity contribution is -0.115. The number of fused-ring (bicyclic) bond motifs is 1. The van der Waals surface area contributed by atoms with E-state index in [9.17, 15) is 22.8 Å². The van der Waals surface area contributed by atoms with Gasteiger partial charge >= 0.3 is 0 Å². The minimum Gasteiger partial charge on any atom is -0.343 e. The molecule has 0 spiro atoms. The summed E-state index contributed by atoms with van der Waals surface area (Å²) in [6.07, 6.45) is 0. The molecule has 2 N–H and O–H groups in total. The van der Waals surface area contributed by atoms with Crippen LogP contribution in [0.5, 0.6) is 0 Å². The lowest BCUT2D eigenvalue weighted by Gasteiger charge is -2.11. The first kappa shape index (κ1) is 19.3. The molecular weight excluding hydrogens is 371 g/mol. The number of nitrogens with one attached hydrogen (secondary N) is 2. The van der Waals surface area contributed by atoms with E-state index in [1.54, 1.807) is 19.1 Å². The lowest BCUT2D eigenvalue weighted by Crippen LogP contribution is -2.33. The number of hydrogen-bond acceptors (Lipinski definition) is 3. The van der Waals surface area contributed by atoms with Gasteiger partial charge < -0.3 is 10.6 Å². The Morgan fingerprint density at radius 3 is 2.50 bits per heavy atom. The van der Waals surface area contributed by atoms with Crippen molar-refractivity contribution in [2.24, 2.45) is 0 Å². The summed E-state index contributed by atoms with van der Waals surface area (Å²) in [4.78, 5) is 28.9. The summed E-state index contributed by atoms with van der Waals surface area (Å²) < 4.78 is 39.8. The molecule has 0 saturated carbocycles. The van der Waals surface area contributed by atoms with E-state index in [-0.39, 0.29) is 0 Å². The average Bonchev–Trinajstić information content (AvgIpc) is 2.66. The highest BCUT2D eigenvalue weighted by molar-refractivity contribution is 6.07. The van der Waals surface area contributed by atoms with Crippen molar-refractivity contribution in [2.45, 2.75) is 13.8 Å². The number of benzene rings is 2. The first-order valence-electron chi connectivity index (χ1n) is 8.36. The summed E-state index contributed by atoms with van der Waals surface area (Å²) in [6.45, 7) is 3.14. The molecule has 28 heavy (non-hydrogen) atoms.